The Morgan fingerprint density at radius 2 is 2.00 bits per heavy atom. The van der Waals surface area contributed by atoms with Crippen molar-refractivity contribution in [2.24, 2.45) is 5.92 Å². The Hall–Kier alpha value is -1.03. The van der Waals surface area contributed by atoms with Gasteiger partial charge >= 0.3 is 5.97 Å². The minimum atomic E-state index is -0.484. The average Bonchev–Trinajstić information content (AvgIpc) is 2.58. The molecular formula is C15H23NO2S. The van der Waals surface area contributed by atoms with E-state index in [0.717, 1.165) is 12.0 Å². The van der Waals surface area contributed by atoms with E-state index in [-0.39, 0.29) is 5.97 Å². The van der Waals surface area contributed by atoms with Gasteiger partial charge in [-0.2, -0.15) is 0 Å². The van der Waals surface area contributed by atoms with Crippen molar-refractivity contribution in [3.05, 3.63) is 16.0 Å². The molecule has 0 amide bonds. The standard InChI is InChI=1S/C15H23NO2S/c1-8-6-7-10-11(9(8)2)12(13(16)19-10)14(17)18-15(3,4)5/h8-9H,6-7,16H2,1-5H3. The maximum atomic E-state index is 12.4. The van der Waals surface area contributed by atoms with Crippen LogP contribution in [0.5, 0.6) is 0 Å². The van der Waals surface area contributed by atoms with Crippen LogP contribution in [0.4, 0.5) is 5.00 Å². The number of fused-ring (bicyclic) bond motifs is 1. The molecule has 0 fully saturated rings. The van der Waals surface area contributed by atoms with Crippen molar-refractivity contribution in [1.29, 1.82) is 0 Å². The van der Waals surface area contributed by atoms with Crippen LogP contribution in [-0.4, -0.2) is 11.6 Å². The molecule has 0 spiro atoms. The highest BCUT2D eigenvalue weighted by Crippen LogP contribution is 2.44. The highest BCUT2D eigenvalue weighted by Gasteiger charge is 2.33. The number of carbonyl (C=O) groups excluding carboxylic acids is 1. The maximum Gasteiger partial charge on any atom is 0.341 e. The first kappa shape index (κ1) is 14.4. The second-order valence-electron chi connectivity index (χ2n) is 6.48. The van der Waals surface area contributed by atoms with Crippen molar-refractivity contribution >= 4 is 22.3 Å². The van der Waals surface area contributed by atoms with Crippen LogP contribution in [-0.2, 0) is 11.2 Å². The molecule has 4 heteroatoms. The Bertz CT molecular complexity index is 499. The van der Waals surface area contributed by atoms with E-state index >= 15 is 0 Å². The number of hydrogen-bond acceptors (Lipinski definition) is 4. The van der Waals surface area contributed by atoms with Crippen molar-refractivity contribution in [2.75, 3.05) is 5.73 Å². The van der Waals surface area contributed by atoms with E-state index in [2.05, 4.69) is 13.8 Å². The minimum absolute atomic E-state index is 0.275. The number of carbonyl (C=O) groups is 1. The summed E-state index contributed by atoms with van der Waals surface area (Å²) < 4.78 is 5.50. The van der Waals surface area contributed by atoms with Crippen LogP contribution in [0.15, 0.2) is 0 Å². The SMILES string of the molecule is CC1CCc2sc(N)c(C(=O)OC(C)(C)C)c2C1C. The van der Waals surface area contributed by atoms with Crippen molar-refractivity contribution in [3.8, 4) is 0 Å². The van der Waals surface area contributed by atoms with Crippen LogP contribution in [0.25, 0.3) is 0 Å². The van der Waals surface area contributed by atoms with E-state index in [0.29, 0.717) is 22.4 Å². The van der Waals surface area contributed by atoms with Gasteiger partial charge < -0.3 is 10.5 Å². The van der Waals surface area contributed by atoms with Gasteiger partial charge in [-0.05, 0) is 51.0 Å². The molecule has 1 aromatic rings. The molecule has 2 rings (SSSR count). The largest absolute Gasteiger partial charge is 0.456 e. The first-order chi connectivity index (χ1) is 8.70. The fourth-order valence-electron chi connectivity index (χ4n) is 2.61. The van der Waals surface area contributed by atoms with E-state index in [1.165, 1.54) is 11.3 Å². The Balaban J connectivity index is 2.42. The molecule has 0 aromatic carbocycles. The zero-order chi connectivity index (χ0) is 14.4. The number of anilines is 1. The fraction of sp³-hybridized carbons (Fsp3) is 0.667. The summed E-state index contributed by atoms with van der Waals surface area (Å²) in [4.78, 5) is 13.6. The predicted molar refractivity (Wildman–Crippen MR) is 79.8 cm³/mol. The first-order valence-corrected chi connectivity index (χ1v) is 7.66. The van der Waals surface area contributed by atoms with E-state index < -0.39 is 5.60 Å². The lowest BCUT2D eigenvalue weighted by Gasteiger charge is -2.27. The van der Waals surface area contributed by atoms with Gasteiger partial charge in [0.05, 0.1) is 5.56 Å². The third-order valence-corrected chi connectivity index (χ3v) is 4.88. The van der Waals surface area contributed by atoms with Gasteiger partial charge in [0.2, 0.25) is 0 Å². The summed E-state index contributed by atoms with van der Waals surface area (Å²) in [5.41, 5.74) is 7.34. The summed E-state index contributed by atoms with van der Waals surface area (Å²) >= 11 is 1.55. The lowest BCUT2D eigenvalue weighted by atomic mass is 9.79. The van der Waals surface area contributed by atoms with Gasteiger partial charge in [0.25, 0.3) is 0 Å². The van der Waals surface area contributed by atoms with Crippen LogP contribution in [0.1, 0.15) is 67.8 Å². The number of hydrogen-bond donors (Lipinski definition) is 1. The van der Waals surface area contributed by atoms with Crippen molar-refractivity contribution in [2.45, 2.75) is 59.0 Å². The molecule has 0 bridgehead atoms. The molecule has 0 aliphatic heterocycles. The summed E-state index contributed by atoms with van der Waals surface area (Å²) in [5, 5.41) is 0.611. The van der Waals surface area contributed by atoms with E-state index in [9.17, 15) is 4.79 Å². The Labute approximate surface area is 119 Å². The highest BCUT2D eigenvalue weighted by atomic mass is 32.1. The predicted octanol–water partition coefficient (Wildman–Crippen LogP) is 3.97. The molecule has 1 heterocycles. The molecule has 0 radical (unpaired) electrons. The summed E-state index contributed by atoms with van der Waals surface area (Å²) in [5.74, 6) is 0.686. The average molecular weight is 281 g/mol. The normalized spacial score (nSPS) is 23.0. The van der Waals surface area contributed by atoms with Gasteiger partial charge in [0.15, 0.2) is 0 Å². The molecular weight excluding hydrogens is 258 g/mol. The van der Waals surface area contributed by atoms with Gasteiger partial charge in [-0.1, -0.05) is 13.8 Å². The van der Waals surface area contributed by atoms with Gasteiger partial charge in [0, 0.05) is 4.88 Å². The molecule has 0 saturated heterocycles. The van der Waals surface area contributed by atoms with Crippen LogP contribution in [0.3, 0.4) is 0 Å². The summed E-state index contributed by atoms with van der Waals surface area (Å²) in [6.07, 6.45) is 2.19. The Morgan fingerprint density at radius 3 is 2.58 bits per heavy atom. The molecule has 1 aromatic heterocycles. The second kappa shape index (κ2) is 4.82. The van der Waals surface area contributed by atoms with E-state index in [1.807, 2.05) is 20.8 Å². The monoisotopic (exact) mass is 281 g/mol. The summed E-state index contributed by atoms with van der Waals surface area (Å²) in [6, 6.07) is 0. The number of nitrogen functional groups attached to an aromatic ring is 1. The number of rotatable bonds is 1. The third-order valence-electron chi connectivity index (χ3n) is 3.79. The maximum absolute atomic E-state index is 12.4. The molecule has 2 unspecified atom stereocenters. The molecule has 19 heavy (non-hydrogen) atoms. The molecule has 0 saturated carbocycles. The van der Waals surface area contributed by atoms with Gasteiger partial charge in [-0.15, -0.1) is 11.3 Å². The number of thiophene rings is 1. The van der Waals surface area contributed by atoms with Gasteiger partial charge in [0.1, 0.15) is 10.6 Å². The van der Waals surface area contributed by atoms with Crippen LogP contribution >= 0.6 is 11.3 Å². The lowest BCUT2D eigenvalue weighted by molar-refractivity contribution is 0.00691. The molecule has 3 nitrogen and oxygen atoms in total. The van der Waals surface area contributed by atoms with E-state index in [1.54, 1.807) is 11.3 Å². The van der Waals surface area contributed by atoms with Crippen molar-refractivity contribution < 1.29 is 9.53 Å². The lowest BCUT2D eigenvalue weighted by Crippen LogP contribution is -2.26. The summed E-state index contributed by atoms with van der Waals surface area (Å²) in [7, 11) is 0. The Kier molecular flexibility index (Phi) is 3.65. The topological polar surface area (TPSA) is 52.3 Å². The minimum Gasteiger partial charge on any atom is -0.456 e. The zero-order valence-electron chi connectivity index (χ0n) is 12.4. The van der Waals surface area contributed by atoms with Crippen LogP contribution < -0.4 is 5.73 Å². The molecule has 106 valence electrons. The molecule has 2 atom stereocenters. The van der Waals surface area contributed by atoms with E-state index in [4.69, 9.17) is 10.5 Å². The Morgan fingerprint density at radius 1 is 1.37 bits per heavy atom. The number of nitrogens with two attached hydrogens (primary N) is 1. The number of ether oxygens (including phenoxy) is 1. The number of esters is 1. The van der Waals surface area contributed by atoms with Gasteiger partial charge in [-0.3, -0.25) is 0 Å². The second-order valence-corrected chi connectivity index (χ2v) is 7.62. The zero-order valence-corrected chi connectivity index (χ0v) is 13.2. The first-order valence-electron chi connectivity index (χ1n) is 6.85. The van der Waals surface area contributed by atoms with Crippen LogP contribution in [0, 0.1) is 5.92 Å². The van der Waals surface area contributed by atoms with Crippen LogP contribution in [0.2, 0.25) is 0 Å². The molecule has 1 aliphatic carbocycles. The third kappa shape index (κ3) is 2.78. The quantitative estimate of drug-likeness (QED) is 0.792. The fourth-order valence-corrected chi connectivity index (χ4v) is 3.79. The van der Waals surface area contributed by atoms with Crippen molar-refractivity contribution in [1.82, 2.24) is 0 Å². The molecule has 1 aliphatic rings. The number of aryl methyl sites for hydroxylation is 1. The summed E-state index contributed by atoms with van der Waals surface area (Å²) in [6.45, 7) is 10.1. The van der Waals surface area contributed by atoms with Gasteiger partial charge in [-0.25, -0.2) is 4.79 Å². The van der Waals surface area contributed by atoms with Crippen molar-refractivity contribution in [3.63, 3.8) is 0 Å². The highest BCUT2D eigenvalue weighted by molar-refractivity contribution is 7.16. The molecule has 2 N–H and O–H groups in total. The smallest absolute Gasteiger partial charge is 0.341 e.